The van der Waals surface area contributed by atoms with Crippen molar-refractivity contribution in [3.8, 4) is 0 Å². The Hall–Kier alpha value is -0.200. The maximum Gasteiger partial charge on any atom is 0.110 e. The van der Waals surface area contributed by atoms with Crippen molar-refractivity contribution in [1.82, 2.24) is 0 Å². The Kier molecular flexibility index (Phi) is 1.93. The van der Waals surface area contributed by atoms with Crippen LogP contribution in [0, 0.1) is 0 Å². The lowest BCUT2D eigenvalue weighted by molar-refractivity contribution is -0.0413. The molecule has 1 rings (SSSR count). The van der Waals surface area contributed by atoms with Crippen LogP contribution in [0.1, 0.15) is 0 Å². The van der Waals surface area contributed by atoms with Crippen molar-refractivity contribution in [2.45, 2.75) is 30.5 Å². The van der Waals surface area contributed by atoms with E-state index in [1.807, 2.05) is 0 Å². The lowest BCUT2D eigenvalue weighted by atomic mass is 10.2. The molecule has 1 unspecified atom stereocenters. The third kappa shape index (κ3) is 0.920. The van der Waals surface area contributed by atoms with E-state index in [4.69, 9.17) is 26.2 Å². The molecular formula is C5H11NO4. The van der Waals surface area contributed by atoms with E-state index in [2.05, 4.69) is 0 Å². The molecule has 0 saturated heterocycles. The second-order valence-electron chi connectivity index (χ2n) is 2.54. The standard InChI is InChI=1S/C5H11NO4/c6-1-2(7)4(9)5(10)3(1)8/h1-5,7-10H,6H2/t1?,2-,3+,4-,5-/m0/s1. The molecule has 1 saturated carbocycles. The Labute approximate surface area is 57.7 Å². The van der Waals surface area contributed by atoms with Gasteiger partial charge in [0.25, 0.3) is 0 Å². The van der Waals surface area contributed by atoms with Crippen LogP contribution in [0.2, 0.25) is 0 Å². The molecule has 0 amide bonds. The van der Waals surface area contributed by atoms with Crippen LogP contribution in [-0.2, 0) is 0 Å². The van der Waals surface area contributed by atoms with Crippen molar-refractivity contribution in [3.05, 3.63) is 0 Å². The highest BCUT2D eigenvalue weighted by Crippen LogP contribution is 2.19. The zero-order chi connectivity index (χ0) is 7.89. The minimum Gasteiger partial charge on any atom is -0.389 e. The van der Waals surface area contributed by atoms with Gasteiger partial charge in [0.05, 0.1) is 6.04 Å². The van der Waals surface area contributed by atoms with Gasteiger partial charge in [0, 0.05) is 0 Å². The van der Waals surface area contributed by atoms with Crippen molar-refractivity contribution in [2.75, 3.05) is 0 Å². The fourth-order valence-corrected chi connectivity index (χ4v) is 1.06. The van der Waals surface area contributed by atoms with Crippen molar-refractivity contribution in [1.29, 1.82) is 0 Å². The van der Waals surface area contributed by atoms with E-state index >= 15 is 0 Å². The van der Waals surface area contributed by atoms with Crippen molar-refractivity contribution < 1.29 is 20.4 Å². The fraction of sp³-hybridized carbons (Fsp3) is 1.00. The van der Waals surface area contributed by atoms with Gasteiger partial charge in [0.1, 0.15) is 24.4 Å². The van der Waals surface area contributed by atoms with Gasteiger partial charge >= 0.3 is 0 Å². The summed E-state index contributed by atoms with van der Waals surface area (Å²) in [5.41, 5.74) is 5.18. The Morgan fingerprint density at radius 3 is 1.10 bits per heavy atom. The molecule has 1 aliphatic rings. The van der Waals surface area contributed by atoms with Gasteiger partial charge in [-0.3, -0.25) is 0 Å². The van der Waals surface area contributed by atoms with E-state index in [-0.39, 0.29) is 0 Å². The highest BCUT2D eigenvalue weighted by Gasteiger charge is 2.46. The van der Waals surface area contributed by atoms with Crippen LogP contribution in [0.4, 0.5) is 0 Å². The molecule has 10 heavy (non-hydrogen) atoms. The van der Waals surface area contributed by atoms with E-state index in [1.165, 1.54) is 0 Å². The van der Waals surface area contributed by atoms with E-state index in [1.54, 1.807) is 0 Å². The number of aliphatic hydroxyl groups is 4. The van der Waals surface area contributed by atoms with Gasteiger partial charge in [-0.25, -0.2) is 0 Å². The summed E-state index contributed by atoms with van der Waals surface area (Å²) in [4.78, 5) is 0. The number of hydrogen-bond donors (Lipinski definition) is 5. The van der Waals surface area contributed by atoms with Crippen LogP contribution in [-0.4, -0.2) is 50.9 Å². The summed E-state index contributed by atoms with van der Waals surface area (Å²) < 4.78 is 0. The predicted molar refractivity (Wildman–Crippen MR) is 32.0 cm³/mol. The highest BCUT2D eigenvalue weighted by molar-refractivity contribution is 5.00. The predicted octanol–water partition coefficient (Wildman–Crippen LogP) is -3.23. The number of hydrogen-bond acceptors (Lipinski definition) is 5. The number of rotatable bonds is 0. The van der Waals surface area contributed by atoms with Gasteiger partial charge in [-0.2, -0.15) is 0 Å². The molecule has 5 heteroatoms. The SMILES string of the molecule is NC1[C@@H](O)[C@H](O)[C@@H](O)[C@H]1O. The summed E-state index contributed by atoms with van der Waals surface area (Å²) in [5, 5.41) is 35.6. The van der Waals surface area contributed by atoms with Crippen LogP contribution in [0.15, 0.2) is 0 Å². The topological polar surface area (TPSA) is 107 Å². The molecule has 0 aliphatic heterocycles. The molecule has 5 atom stereocenters. The van der Waals surface area contributed by atoms with Crippen molar-refractivity contribution >= 4 is 0 Å². The molecule has 0 spiro atoms. The Morgan fingerprint density at radius 2 is 1.00 bits per heavy atom. The average Bonchev–Trinajstić information content (AvgIpc) is 2.07. The first-order valence-electron chi connectivity index (χ1n) is 3.03. The Morgan fingerprint density at radius 1 is 0.700 bits per heavy atom. The number of nitrogens with two attached hydrogens (primary N) is 1. The lowest BCUT2D eigenvalue weighted by Gasteiger charge is -2.11. The summed E-state index contributed by atoms with van der Waals surface area (Å²) in [6, 6.07) is -0.954. The molecule has 0 aromatic heterocycles. The van der Waals surface area contributed by atoms with E-state index < -0.39 is 30.5 Å². The van der Waals surface area contributed by atoms with Gasteiger partial charge in [0.2, 0.25) is 0 Å². The fourth-order valence-electron chi connectivity index (χ4n) is 1.06. The third-order valence-corrected chi connectivity index (χ3v) is 1.84. The molecule has 0 aromatic carbocycles. The summed E-state index contributed by atoms with van der Waals surface area (Å²) >= 11 is 0. The minimum absolute atomic E-state index is 0.954. The van der Waals surface area contributed by atoms with Gasteiger partial charge in [-0.15, -0.1) is 0 Å². The van der Waals surface area contributed by atoms with Gasteiger partial charge in [-0.1, -0.05) is 0 Å². The second-order valence-corrected chi connectivity index (χ2v) is 2.54. The number of aliphatic hydroxyl groups excluding tert-OH is 4. The average molecular weight is 149 g/mol. The Bertz CT molecular complexity index is 86.0. The maximum atomic E-state index is 8.91. The lowest BCUT2D eigenvalue weighted by Crippen LogP contribution is -2.40. The summed E-state index contributed by atoms with van der Waals surface area (Å²) in [5.74, 6) is 0. The molecule has 0 heterocycles. The largest absolute Gasteiger partial charge is 0.389 e. The van der Waals surface area contributed by atoms with E-state index in [0.29, 0.717) is 0 Å². The summed E-state index contributed by atoms with van der Waals surface area (Å²) in [6.07, 6.45) is -5.12. The Balaban J connectivity index is 2.68. The third-order valence-electron chi connectivity index (χ3n) is 1.84. The van der Waals surface area contributed by atoms with Crippen LogP contribution in [0.5, 0.6) is 0 Å². The molecule has 0 radical (unpaired) electrons. The molecule has 1 aliphatic carbocycles. The molecule has 0 bridgehead atoms. The molecule has 6 N–H and O–H groups in total. The zero-order valence-electron chi connectivity index (χ0n) is 5.25. The smallest absolute Gasteiger partial charge is 0.110 e. The molecule has 0 aromatic rings. The van der Waals surface area contributed by atoms with Gasteiger partial charge in [0.15, 0.2) is 0 Å². The first-order chi connectivity index (χ1) is 4.55. The van der Waals surface area contributed by atoms with Crippen LogP contribution in [0.25, 0.3) is 0 Å². The van der Waals surface area contributed by atoms with Gasteiger partial charge in [-0.05, 0) is 0 Å². The van der Waals surface area contributed by atoms with E-state index in [9.17, 15) is 0 Å². The van der Waals surface area contributed by atoms with Crippen LogP contribution < -0.4 is 5.73 Å². The molecule has 5 nitrogen and oxygen atoms in total. The second kappa shape index (κ2) is 2.44. The quantitative estimate of drug-likeness (QED) is 0.249. The highest BCUT2D eigenvalue weighted by atomic mass is 16.4. The normalized spacial score (nSPS) is 55.5. The molecular weight excluding hydrogens is 138 g/mol. The monoisotopic (exact) mass is 149 g/mol. The first kappa shape index (κ1) is 7.90. The summed E-state index contributed by atoms with van der Waals surface area (Å²) in [7, 11) is 0. The molecule has 60 valence electrons. The van der Waals surface area contributed by atoms with Crippen LogP contribution >= 0.6 is 0 Å². The van der Waals surface area contributed by atoms with Gasteiger partial charge < -0.3 is 26.2 Å². The van der Waals surface area contributed by atoms with Crippen molar-refractivity contribution in [3.63, 3.8) is 0 Å². The van der Waals surface area contributed by atoms with Crippen LogP contribution in [0.3, 0.4) is 0 Å². The summed E-state index contributed by atoms with van der Waals surface area (Å²) in [6.45, 7) is 0. The maximum absolute atomic E-state index is 8.91. The minimum atomic E-state index is -1.33. The first-order valence-corrected chi connectivity index (χ1v) is 3.03. The molecule has 1 fully saturated rings. The zero-order valence-corrected chi connectivity index (χ0v) is 5.25. The van der Waals surface area contributed by atoms with Crippen molar-refractivity contribution in [2.24, 2.45) is 5.73 Å². The van der Waals surface area contributed by atoms with E-state index in [0.717, 1.165) is 0 Å².